The first kappa shape index (κ1) is 18.2. The Hall–Kier alpha value is -2.56. The molecular formula is C19H16N4OS2. The number of hydrogen-bond donors (Lipinski definition) is 1. The van der Waals surface area contributed by atoms with Crippen molar-refractivity contribution >= 4 is 40.3 Å². The molecule has 0 radical (unpaired) electrons. The maximum atomic E-state index is 12.0. The molecule has 0 fully saturated rings. The van der Waals surface area contributed by atoms with Crippen LogP contribution in [0, 0.1) is 11.3 Å². The van der Waals surface area contributed by atoms with Crippen molar-refractivity contribution < 1.29 is 4.79 Å². The highest BCUT2D eigenvalue weighted by Gasteiger charge is 2.14. The smallest absolute Gasteiger partial charge is 0.235 e. The van der Waals surface area contributed by atoms with Gasteiger partial charge < -0.3 is 5.32 Å². The summed E-state index contributed by atoms with van der Waals surface area (Å²) in [5, 5.41) is 20.4. The van der Waals surface area contributed by atoms with E-state index < -0.39 is 0 Å². The molecule has 3 rings (SSSR count). The molecule has 0 saturated carbocycles. The van der Waals surface area contributed by atoms with Crippen molar-refractivity contribution in [2.45, 2.75) is 5.75 Å². The topological polar surface area (TPSA) is 77.6 Å². The van der Waals surface area contributed by atoms with Crippen molar-refractivity contribution in [1.82, 2.24) is 5.32 Å². The van der Waals surface area contributed by atoms with E-state index >= 15 is 0 Å². The number of nitrogens with zero attached hydrogens (tertiary/aromatic N) is 3. The Morgan fingerprint density at radius 1 is 1.15 bits per heavy atom. The van der Waals surface area contributed by atoms with Gasteiger partial charge in [-0.05, 0) is 23.3 Å². The number of hydrogen-bond acceptors (Lipinski definition) is 6. The summed E-state index contributed by atoms with van der Waals surface area (Å²) >= 11 is 2.99. The molecule has 2 aromatic rings. The van der Waals surface area contributed by atoms with Crippen LogP contribution in [0.2, 0.25) is 0 Å². The van der Waals surface area contributed by atoms with Gasteiger partial charge in [0, 0.05) is 11.5 Å². The lowest BCUT2D eigenvalue weighted by atomic mass is 10.1. The van der Waals surface area contributed by atoms with Gasteiger partial charge in [0.2, 0.25) is 5.91 Å². The van der Waals surface area contributed by atoms with E-state index in [4.69, 9.17) is 5.26 Å². The monoisotopic (exact) mass is 380 g/mol. The van der Waals surface area contributed by atoms with Crippen molar-refractivity contribution in [3.8, 4) is 6.07 Å². The minimum atomic E-state index is -0.0896. The second kappa shape index (κ2) is 9.22. The fraction of sp³-hybridized carbons (Fsp3) is 0.158. The van der Waals surface area contributed by atoms with E-state index in [1.54, 1.807) is 12.1 Å². The number of rotatable bonds is 5. The van der Waals surface area contributed by atoms with Gasteiger partial charge in [0.25, 0.3) is 0 Å². The molecule has 0 unspecified atom stereocenters. The average molecular weight is 380 g/mol. The van der Waals surface area contributed by atoms with E-state index in [0.29, 0.717) is 22.2 Å². The number of nitrogens with one attached hydrogen (secondary N) is 1. The van der Waals surface area contributed by atoms with Crippen LogP contribution in [0.3, 0.4) is 0 Å². The van der Waals surface area contributed by atoms with E-state index in [1.165, 1.54) is 23.5 Å². The van der Waals surface area contributed by atoms with Crippen molar-refractivity contribution in [2.24, 2.45) is 10.2 Å². The lowest BCUT2D eigenvalue weighted by molar-refractivity contribution is -0.117. The fourth-order valence-corrected chi connectivity index (χ4v) is 3.80. The van der Waals surface area contributed by atoms with Gasteiger partial charge in [-0.3, -0.25) is 4.79 Å². The van der Waals surface area contributed by atoms with Crippen LogP contribution < -0.4 is 5.32 Å². The van der Waals surface area contributed by atoms with Crippen molar-refractivity contribution in [3.05, 3.63) is 71.3 Å². The number of carbonyl (C=O) groups is 1. The van der Waals surface area contributed by atoms with Gasteiger partial charge in [-0.1, -0.05) is 54.2 Å². The first-order valence-corrected chi connectivity index (χ1v) is 10.1. The summed E-state index contributed by atoms with van der Waals surface area (Å²) in [5.74, 6) is 1.65. The molecule has 1 aliphatic rings. The van der Waals surface area contributed by atoms with Crippen molar-refractivity contribution in [3.63, 3.8) is 0 Å². The van der Waals surface area contributed by atoms with Crippen LogP contribution in [0.15, 0.2) is 64.8 Å². The summed E-state index contributed by atoms with van der Waals surface area (Å²) in [4.78, 5) is 12.0. The van der Waals surface area contributed by atoms with Crippen molar-refractivity contribution in [1.29, 1.82) is 5.26 Å². The second-order valence-corrected chi connectivity index (χ2v) is 7.41. The number of nitriles is 1. The number of benzene rings is 2. The summed E-state index contributed by atoms with van der Waals surface area (Å²) < 4.78 is 0. The molecule has 130 valence electrons. The van der Waals surface area contributed by atoms with E-state index in [1.807, 2.05) is 42.5 Å². The molecule has 2 aromatic carbocycles. The maximum Gasteiger partial charge on any atom is 0.235 e. The van der Waals surface area contributed by atoms with Crippen LogP contribution >= 0.6 is 23.5 Å². The van der Waals surface area contributed by atoms with Crippen LogP contribution in [0.25, 0.3) is 0 Å². The summed E-state index contributed by atoms with van der Waals surface area (Å²) in [6.07, 6.45) is 0. The Bertz CT molecular complexity index is 871. The lowest BCUT2D eigenvalue weighted by Crippen LogP contribution is -2.31. The molecule has 0 spiro atoms. The molecule has 1 N–H and O–H groups in total. The number of carbonyl (C=O) groups excluding carboxylic acids is 1. The molecule has 0 bridgehead atoms. The summed E-state index contributed by atoms with van der Waals surface area (Å²) in [6, 6.07) is 19.4. The summed E-state index contributed by atoms with van der Waals surface area (Å²) in [6.45, 7) is 0. The van der Waals surface area contributed by atoms with Gasteiger partial charge in [-0.15, -0.1) is 16.9 Å². The molecule has 0 atom stereocenters. The van der Waals surface area contributed by atoms with Gasteiger partial charge in [-0.2, -0.15) is 10.4 Å². The summed E-state index contributed by atoms with van der Waals surface area (Å²) in [5.41, 5.74) is 3.68. The Morgan fingerprint density at radius 3 is 2.58 bits per heavy atom. The van der Waals surface area contributed by atoms with Crippen LogP contribution in [0.5, 0.6) is 0 Å². The standard InChI is InChI=1S/C19H16N4OS2/c20-10-14-6-8-15(9-7-14)11-25-13-18(24)21-19-23-22-17(12-26-19)16-4-2-1-3-5-16/h1-9H,11-13H2,(H,21,23,24). The van der Waals surface area contributed by atoms with E-state index in [0.717, 1.165) is 22.6 Å². The number of amides is 1. The first-order valence-electron chi connectivity index (χ1n) is 7.94. The van der Waals surface area contributed by atoms with E-state index in [9.17, 15) is 4.79 Å². The number of amidine groups is 1. The zero-order valence-electron chi connectivity index (χ0n) is 13.9. The third kappa shape index (κ3) is 5.22. The van der Waals surface area contributed by atoms with Crippen LogP contribution in [0.1, 0.15) is 16.7 Å². The van der Waals surface area contributed by atoms with E-state index in [-0.39, 0.29) is 5.91 Å². The van der Waals surface area contributed by atoms with Gasteiger partial charge >= 0.3 is 0 Å². The molecule has 1 heterocycles. The Labute approximate surface area is 160 Å². The fourth-order valence-electron chi connectivity index (χ4n) is 2.23. The average Bonchev–Trinajstić information content (AvgIpc) is 2.70. The first-order chi connectivity index (χ1) is 12.7. The minimum absolute atomic E-state index is 0.0896. The Morgan fingerprint density at radius 2 is 1.92 bits per heavy atom. The molecule has 0 aliphatic carbocycles. The van der Waals surface area contributed by atoms with Gasteiger partial charge in [-0.25, -0.2) is 0 Å². The molecular weight excluding hydrogens is 364 g/mol. The molecule has 1 aliphatic heterocycles. The van der Waals surface area contributed by atoms with Crippen LogP contribution in [-0.2, 0) is 10.5 Å². The molecule has 26 heavy (non-hydrogen) atoms. The third-order valence-electron chi connectivity index (χ3n) is 3.55. The predicted molar refractivity (Wildman–Crippen MR) is 108 cm³/mol. The van der Waals surface area contributed by atoms with Crippen LogP contribution in [-0.4, -0.2) is 28.3 Å². The zero-order valence-corrected chi connectivity index (χ0v) is 15.5. The molecule has 1 amide bonds. The zero-order chi connectivity index (χ0) is 18.2. The predicted octanol–water partition coefficient (Wildman–Crippen LogP) is 3.41. The quantitative estimate of drug-likeness (QED) is 0.862. The SMILES string of the molecule is N#Cc1ccc(CSCC(=O)NC2=NN=C(c3ccccc3)CS2)cc1. The maximum absolute atomic E-state index is 12.0. The van der Waals surface area contributed by atoms with Gasteiger partial charge in [0.05, 0.1) is 23.1 Å². The third-order valence-corrected chi connectivity index (χ3v) is 5.42. The lowest BCUT2D eigenvalue weighted by Gasteiger charge is -2.12. The van der Waals surface area contributed by atoms with E-state index in [2.05, 4.69) is 21.6 Å². The Balaban J connectivity index is 1.45. The highest BCUT2D eigenvalue weighted by atomic mass is 32.2. The minimum Gasteiger partial charge on any atom is -0.303 e. The van der Waals surface area contributed by atoms with Crippen molar-refractivity contribution in [2.75, 3.05) is 11.5 Å². The molecule has 0 saturated heterocycles. The molecule has 7 heteroatoms. The second-order valence-electron chi connectivity index (χ2n) is 5.46. The normalized spacial score (nSPS) is 13.3. The molecule has 0 aromatic heterocycles. The highest BCUT2D eigenvalue weighted by Crippen LogP contribution is 2.16. The number of thioether (sulfide) groups is 2. The van der Waals surface area contributed by atoms with Crippen LogP contribution in [0.4, 0.5) is 0 Å². The largest absolute Gasteiger partial charge is 0.303 e. The Kier molecular flexibility index (Phi) is 6.47. The van der Waals surface area contributed by atoms with Gasteiger partial charge in [0.1, 0.15) is 0 Å². The molecule has 5 nitrogen and oxygen atoms in total. The van der Waals surface area contributed by atoms with Gasteiger partial charge in [0.15, 0.2) is 5.17 Å². The summed E-state index contributed by atoms with van der Waals surface area (Å²) in [7, 11) is 0. The highest BCUT2D eigenvalue weighted by molar-refractivity contribution is 8.14.